The number of nitriles is 1. The van der Waals surface area contributed by atoms with E-state index in [1.807, 2.05) is 18.2 Å². The molecule has 1 heterocycles. The molecule has 9 heteroatoms. The number of likely N-dealkylation sites (tertiary alicyclic amines) is 1. The van der Waals surface area contributed by atoms with Crippen molar-refractivity contribution in [2.45, 2.75) is 56.7 Å². The Kier molecular flexibility index (Phi) is 8.14. The lowest BCUT2D eigenvalue weighted by atomic mass is 9.81. The van der Waals surface area contributed by atoms with Gasteiger partial charge in [0.05, 0.1) is 17.2 Å². The number of anilines is 1. The first-order valence-corrected chi connectivity index (χ1v) is 12.4. The highest BCUT2D eigenvalue weighted by molar-refractivity contribution is 5.89. The van der Waals surface area contributed by atoms with Crippen molar-refractivity contribution >= 4 is 11.7 Å². The third kappa shape index (κ3) is 6.35. The third-order valence-electron chi connectivity index (χ3n) is 7.26. The molecule has 0 bridgehead atoms. The van der Waals surface area contributed by atoms with Crippen LogP contribution in [0, 0.1) is 17.1 Å². The van der Waals surface area contributed by atoms with Gasteiger partial charge in [-0.15, -0.1) is 0 Å². The van der Waals surface area contributed by atoms with Crippen molar-refractivity contribution in [2.24, 2.45) is 0 Å². The molecule has 1 aliphatic carbocycles. The van der Waals surface area contributed by atoms with Crippen LogP contribution in [0.5, 0.6) is 0 Å². The summed E-state index contributed by atoms with van der Waals surface area (Å²) in [6.45, 7) is 3.13. The highest BCUT2D eigenvalue weighted by atomic mass is 19.4. The van der Waals surface area contributed by atoms with E-state index in [1.54, 1.807) is 11.0 Å². The number of amides is 2. The first-order chi connectivity index (χ1) is 17.2. The molecule has 36 heavy (non-hydrogen) atoms. The second-order valence-corrected chi connectivity index (χ2v) is 9.61. The number of hydrogen-bond donors (Lipinski definition) is 1. The molecule has 1 aliphatic heterocycles. The van der Waals surface area contributed by atoms with Gasteiger partial charge in [0.2, 0.25) is 0 Å². The lowest BCUT2D eigenvalue weighted by Crippen LogP contribution is -2.47. The average Bonchev–Trinajstić information content (AvgIpc) is 3.39. The number of nitrogens with zero attached hydrogens (tertiary/aromatic N) is 3. The zero-order valence-corrected chi connectivity index (χ0v) is 20.0. The van der Waals surface area contributed by atoms with Crippen molar-refractivity contribution in [3.63, 3.8) is 0 Å². The van der Waals surface area contributed by atoms with Crippen LogP contribution in [0.15, 0.2) is 42.5 Å². The Morgan fingerprint density at radius 3 is 2.47 bits per heavy atom. The standard InChI is InChI=1S/C27H30F4N4O/c28-25-11-8-22(17-24(25)27(29,30)31)33-26(36)35(15-14-34-12-1-2-13-34)23-9-6-20(7-10-23)21-5-3-4-19(16-21)18-32/h3-5,8,11,16-17,20,23H,1-2,6-7,9-10,12-15H2,(H,33,36)/t20-,23+. The van der Waals surface area contributed by atoms with Crippen LogP contribution < -0.4 is 5.32 Å². The Morgan fingerprint density at radius 1 is 1.08 bits per heavy atom. The second-order valence-electron chi connectivity index (χ2n) is 9.61. The smallest absolute Gasteiger partial charge is 0.320 e. The number of urea groups is 1. The van der Waals surface area contributed by atoms with E-state index in [0.29, 0.717) is 30.6 Å². The molecule has 2 aromatic rings. The SMILES string of the molecule is N#Cc1cccc([C@H]2CC[C@@H](N(CCN3CCCC3)C(=O)Nc3ccc(F)c(C(F)(F)F)c3)CC2)c1. The number of carbonyl (C=O) groups is 1. The predicted octanol–water partition coefficient (Wildman–Crippen LogP) is 6.37. The Labute approximate surface area is 208 Å². The lowest BCUT2D eigenvalue weighted by Gasteiger charge is -2.38. The van der Waals surface area contributed by atoms with Crippen molar-refractivity contribution in [3.05, 3.63) is 65.0 Å². The maximum atomic E-state index is 13.7. The summed E-state index contributed by atoms with van der Waals surface area (Å²) in [5, 5.41) is 11.8. The summed E-state index contributed by atoms with van der Waals surface area (Å²) in [6, 6.07) is 11.8. The maximum absolute atomic E-state index is 13.7. The number of hydrogen-bond acceptors (Lipinski definition) is 3. The van der Waals surface area contributed by atoms with Crippen LogP contribution in [0.25, 0.3) is 0 Å². The van der Waals surface area contributed by atoms with Gasteiger partial charge in [-0.05, 0) is 93.4 Å². The van der Waals surface area contributed by atoms with Gasteiger partial charge in [-0.3, -0.25) is 0 Å². The first kappa shape index (κ1) is 26.0. The zero-order valence-electron chi connectivity index (χ0n) is 20.0. The number of halogens is 4. The Bertz CT molecular complexity index is 1100. The lowest BCUT2D eigenvalue weighted by molar-refractivity contribution is -0.139. The summed E-state index contributed by atoms with van der Waals surface area (Å²) in [4.78, 5) is 17.3. The van der Waals surface area contributed by atoms with Gasteiger partial charge in [0, 0.05) is 24.8 Å². The molecule has 1 N–H and O–H groups in total. The largest absolute Gasteiger partial charge is 0.419 e. The van der Waals surface area contributed by atoms with E-state index in [0.717, 1.165) is 69.3 Å². The monoisotopic (exact) mass is 502 g/mol. The van der Waals surface area contributed by atoms with Crippen LogP contribution in [-0.4, -0.2) is 48.1 Å². The summed E-state index contributed by atoms with van der Waals surface area (Å²) in [6.07, 6.45) is 0.604. The summed E-state index contributed by atoms with van der Waals surface area (Å²) in [5.41, 5.74) is 0.260. The van der Waals surface area contributed by atoms with E-state index in [-0.39, 0.29) is 11.7 Å². The highest BCUT2D eigenvalue weighted by Gasteiger charge is 2.35. The van der Waals surface area contributed by atoms with Crippen molar-refractivity contribution in [3.8, 4) is 6.07 Å². The molecule has 0 aromatic heterocycles. The van der Waals surface area contributed by atoms with Crippen LogP contribution >= 0.6 is 0 Å². The van der Waals surface area contributed by atoms with E-state index >= 15 is 0 Å². The van der Waals surface area contributed by atoms with Crippen LogP contribution in [-0.2, 0) is 6.18 Å². The van der Waals surface area contributed by atoms with Gasteiger partial charge < -0.3 is 15.1 Å². The quantitative estimate of drug-likeness (QED) is 0.467. The van der Waals surface area contributed by atoms with Gasteiger partial charge in [0.25, 0.3) is 0 Å². The Hall–Kier alpha value is -3.12. The topological polar surface area (TPSA) is 59.4 Å². The second kappa shape index (κ2) is 11.3. The minimum absolute atomic E-state index is 0.0504. The molecule has 1 saturated carbocycles. The molecule has 2 aromatic carbocycles. The molecule has 2 amide bonds. The molecule has 0 radical (unpaired) electrons. The molecule has 0 atom stereocenters. The van der Waals surface area contributed by atoms with Crippen molar-refractivity contribution < 1.29 is 22.4 Å². The molecule has 5 nitrogen and oxygen atoms in total. The summed E-state index contributed by atoms with van der Waals surface area (Å²) < 4.78 is 53.1. The minimum atomic E-state index is -4.85. The van der Waals surface area contributed by atoms with Crippen LogP contribution in [0.4, 0.5) is 28.0 Å². The molecular weight excluding hydrogens is 472 g/mol. The van der Waals surface area contributed by atoms with E-state index in [1.165, 1.54) is 0 Å². The summed E-state index contributed by atoms with van der Waals surface area (Å²) in [5.74, 6) is -1.07. The summed E-state index contributed by atoms with van der Waals surface area (Å²) in [7, 11) is 0. The molecule has 1 saturated heterocycles. The normalized spacial score (nSPS) is 20.6. The fourth-order valence-corrected chi connectivity index (χ4v) is 5.30. The van der Waals surface area contributed by atoms with Crippen LogP contribution in [0.2, 0.25) is 0 Å². The van der Waals surface area contributed by atoms with Gasteiger partial charge in [0.1, 0.15) is 5.82 Å². The molecule has 0 unspecified atom stereocenters. The van der Waals surface area contributed by atoms with Gasteiger partial charge in [-0.25, -0.2) is 9.18 Å². The van der Waals surface area contributed by atoms with E-state index < -0.39 is 23.6 Å². The highest BCUT2D eigenvalue weighted by Crippen LogP contribution is 2.36. The van der Waals surface area contributed by atoms with Gasteiger partial charge >= 0.3 is 12.2 Å². The number of carbonyl (C=O) groups excluding carboxylic acids is 1. The third-order valence-corrected chi connectivity index (χ3v) is 7.26. The number of alkyl halides is 3. The fourth-order valence-electron chi connectivity index (χ4n) is 5.30. The molecule has 2 aliphatic rings. The van der Waals surface area contributed by atoms with Gasteiger partial charge in [-0.2, -0.15) is 18.4 Å². The van der Waals surface area contributed by atoms with Crippen LogP contribution in [0.1, 0.15) is 61.1 Å². The maximum Gasteiger partial charge on any atom is 0.419 e. The Balaban J connectivity index is 1.46. The minimum Gasteiger partial charge on any atom is -0.320 e. The van der Waals surface area contributed by atoms with Crippen molar-refractivity contribution in [1.82, 2.24) is 9.80 Å². The van der Waals surface area contributed by atoms with Crippen LogP contribution in [0.3, 0.4) is 0 Å². The zero-order chi connectivity index (χ0) is 25.7. The number of benzene rings is 2. The van der Waals surface area contributed by atoms with Crippen molar-refractivity contribution in [1.29, 1.82) is 5.26 Å². The van der Waals surface area contributed by atoms with E-state index in [2.05, 4.69) is 16.3 Å². The fraction of sp³-hybridized carbons (Fsp3) is 0.481. The molecule has 2 fully saturated rings. The molecule has 4 rings (SSSR count). The summed E-state index contributed by atoms with van der Waals surface area (Å²) >= 11 is 0. The van der Waals surface area contributed by atoms with E-state index in [9.17, 15) is 27.6 Å². The molecular formula is C27H30F4N4O. The average molecular weight is 503 g/mol. The number of nitrogens with one attached hydrogen (secondary N) is 1. The molecule has 0 spiro atoms. The van der Waals surface area contributed by atoms with Gasteiger partial charge in [0.15, 0.2) is 0 Å². The molecule has 192 valence electrons. The number of rotatable bonds is 6. The van der Waals surface area contributed by atoms with Crippen molar-refractivity contribution in [2.75, 3.05) is 31.5 Å². The first-order valence-electron chi connectivity index (χ1n) is 12.4. The van der Waals surface area contributed by atoms with E-state index in [4.69, 9.17) is 0 Å². The van der Waals surface area contributed by atoms with Gasteiger partial charge in [-0.1, -0.05) is 12.1 Å². The Morgan fingerprint density at radius 2 is 1.81 bits per heavy atom. The predicted molar refractivity (Wildman–Crippen MR) is 129 cm³/mol.